The standard InChI is InChI=1S/C26H25ClN2O5S/c1-2-34-26(31)17-10-20-8-13-23(14-9-20)28-25(30)19-29(18-21-6-4-3-5-7-21)35(32,33)24-15-11-22(27)12-16-24/h3-17H,2,18-19H2,1H3,(H,28,30)/b17-10+. The number of hydrogen-bond donors (Lipinski definition) is 1. The van der Waals surface area contributed by atoms with Gasteiger partial charge in [-0.1, -0.05) is 54.1 Å². The molecule has 9 heteroatoms. The lowest BCUT2D eigenvalue weighted by Crippen LogP contribution is -2.37. The Balaban J connectivity index is 1.74. The number of rotatable bonds is 10. The number of carbonyl (C=O) groups excluding carboxylic acids is 2. The normalized spacial score (nSPS) is 11.5. The van der Waals surface area contributed by atoms with Gasteiger partial charge in [-0.15, -0.1) is 0 Å². The van der Waals surface area contributed by atoms with Gasteiger partial charge >= 0.3 is 5.97 Å². The first-order valence-corrected chi connectivity index (χ1v) is 12.6. The SMILES string of the molecule is CCOC(=O)/C=C/c1ccc(NC(=O)CN(Cc2ccccc2)S(=O)(=O)c2ccc(Cl)cc2)cc1. The van der Waals surface area contributed by atoms with E-state index < -0.39 is 21.9 Å². The summed E-state index contributed by atoms with van der Waals surface area (Å²) in [5, 5.41) is 3.14. The fourth-order valence-corrected chi connectivity index (χ4v) is 4.67. The second-order valence-electron chi connectivity index (χ2n) is 7.47. The van der Waals surface area contributed by atoms with Crippen LogP contribution in [0.25, 0.3) is 6.08 Å². The molecule has 0 bridgehead atoms. The maximum absolute atomic E-state index is 13.3. The Kier molecular flexibility index (Phi) is 9.19. The summed E-state index contributed by atoms with van der Waals surface area (Å²) in [5.41, 5.74) is 1.98. The van der Waals surface area contributed by atoms with Crippen molar-refractivity contribution in [2.45, 2.75) is 18.4 Å². The molecule has 0 atom stereocenters. The highest BCUT2D eigenvalue weighted by molar-refractivity contribution is 7.89. The maximum Gasteiger partial charge on any atom is 0.330 e. The first-order valence-electron chi connectivity index (χ1n) is 10.8. The van der Waals surface area contributed by atoms with E-state index in [1.54, 1.807) is 61.5 Å². The quantitative estimate of drug-likeness (QED) is 0.313. The molecule has 0 unspecified atom stereocenters. The number of esters is 1. The van der Waals surface area contributed by atoms with Crippen molar-refractivity contribution < 1.29 is 22.7 Å². The van der Waals surface area contributed by atoms with Crippen molar-refractivity contribution in [3.8, 4) is 0 Å². The van der Waals surface area contributed by atoms with Gasteiger partial charge in [0.2, 0.25) is 15.9 Å². The zero-order valence-corrected chi connectivity index (χ0v) is 20.6. The third-order valence-electron chi connectivity index (χ3n) is 4.87. The summed E-state index contributed by atoms with van der Waals surface area (Å²) in [7, 11) is -3.97. The molecule has 0 spiro atoms. The van der Waals surface area contributed by atoms with Crippen LogP contribution >= 0.6 is 11.6 Å². The number of sulfonamides is 1. The topological polar surface area (TPSA) is 92.8 Å². The van der Waals surface area contributed by atoms with Gasteiger partial charge in [0.05, 0.1) is 18.0 Å². The van der Waals surface area contributed by atoms with Gasteiger partial charge in [0, 0.05) is 23.3 Å². The number of ether oxygens (including phenoxy) is 1. The lowest BCUT2D eigenvalue weighted by atomic mass is 10.2. The molecular weight excluding hydrogens is 488 g/mol. The zero-order chi connectivity index (χ0) is 25.3. The molecule has 35 heavy (non-hydrogen) atoms. The average molecular weight is 513 g/mol. The summed E-state index contributed by atoms with van der Waals surface area (Å²) < 4.78 is 32.6. The zero-order valence-electron chi connectivity index (χ0n) is 19.1. The molecule has 3 aromatic rings. The van der Waals surface area contributed by atoms with Crippen LogP contribution in [-0.4, -0.2) is 37.8 Å². The van der Waals surface area contributed by atoms with Crippen molar-refractivity contribution in [3.63, 3.8) is 0 Å². The molecule has 182 valence electrons. The minimum absolute atomic E-state index is 0.0246. The molecule has 0 aliphatic rings. The fraction of sp³-hybridized carbons (Fsp3) is 0.154. The summed E-state index contributed by atoms with van der Waals surface area (Å²) in [6, 6.07) is 21.6. The van der Waals surface area contributed by atoms with E-state index in [0.29, 0.717) is 17.3 Å². The van der Waals surface area contributed by atoms with E-state index in [0.717, 1.165) is 15.4 Å². The van der Waals surface area contributed by atoms with E-state index in [9.17, 15) is 18.0 Å². The largest absolute Gasteiger partial charge is 0.463 e. The van der Waals surface area contributed by atoms with Crippen LogP contribution in [0.1, 0.15) is 18.1 Å². The lowest BCUT2D eigenvalue weighted by Gasteiger charge is -2.22. The number of amides is 1. The molecule has 0 heterocycles. The Bertz CT molecular complexity index is 1280. The summed E-state index contributed by atoms with van der Waals surface area (Å²) in [6.45, 7) is 1.66. The third-order valence-corrected chi connectivity index (χ3v) is 6.92. The van der Waals surface area contributed by atoms with Gasteiger partial charge in [0.1, 0.15) is 0 Å². The van der Waals surface area contributed by atoms with Crippen molar-refractivity contribution >= 4 is 45.3 Å². The molecule has 0 aliphatic carbocycles. The summed E-state index contributed by atoms with van der Waals surface area (Å²) in [5.74, 6) is -0.932. The molecule has 7 nitrogen and oxygen atoms in total. The summed E-state index contributed by atoms with van der Waals surface area (Å²) >= 11 is 5.91. The van der Waals surface area contributed by atoms with E-state index >= 15 is 0 Å². The number of anilines is 1. The van der Waals surface area contributed by atoms with Gasteiger partial charge < -0.3 is 10.1 Å². The number of carbonyl (C=O) groups is 2. The number of nitrogens with zero attached hydrogens (tertiary/aromatic N) is 1. The number of benzene rings is 3. The lowest BCUT2D eigenvalue weighted by molar-refractivity contribution is -0.137. The summed E-state index contributed by atoms with van der Waals surface area (Å²) in [6.07, 6.45) is 2.92. The first kappa shape index (κ1) is 26.2. The van der Waals surface area contributed by atoms with E-state index in [2.05, 4.69) is 5.32 Å². The highest BCUT2D eigenvalue weighted by Gasteiger charge is 2.27. The second kappa shape index (κ2) is 12.3. The number of hydrogen-bond acceptors (Lipinski definition) is 5. The molecule has 0 fully saturated rings. The predicted molar refractivity (Wildman–Crippen MR) is 136 cm³/mol. The maximum atomic E-state index is 13.3. The minimum atomic E-state index is -3.97. The Hall–Kier alpha value is -3.46. The highest BCUT2D eigenvalue weighted by atomic mass is 35.5. The van der Waals surface area contributed by atoms with Crippen molar-refractivity contribution in [1.82, 2.24) is 4.31 Å². The minimum Gasteiger partial charge on any atom is -0.463 e. The van der Waals surface area contributed by atoms with Gasteiger partial charge in [-0.25, -0.2) is 13.2 Å². The molecule has 1 amide bonds. The van der Waals surface area contributed by atoms with E-state index in [4.69, 9.17) is 16.3 Å². The van der Waals surface area contributed by atoms with Crippen LogP contribution < -0.4 is 5.32 Å². The average Bonchev–Trinajstić information content (AvgIpc) is 2.84. The highest BCUT2D eigenvalue weighted by Crippen LogP contribution is 2.21. The Morgan fingerprint density at radius 1 is 0.971 bits per heavy atom. The predicted octanol–water partition coefficient (Wildman–Crippen LogP) is 4.75. The van der Waals surface area contributed by atoms with Crippen LogP contribution in [-0.2, 0) is 30.9 Å². The molecular formula is C26H25ClN2O5S. The molecule has 0 saturated heterocycles. The van der Waals surface area contributed by atoms with E-state index in [1.165, 1.54) is 30.3 Å². The third kappa shape index (κ3) is 7.78. The Labute approximate surface area is 210 Å². The Morgan fingerprint density at radius 2 is 1.63 bits per heavy atom. The van der Waals surface area contributed by atoms with Crippen LogP contribution in [0.4, 0.5) is 5.69 Å². The molecule has 3 aromatic carbocycles. The monoisotopic (exact) mass is 512 g/mol. The van der Waals surface area contributed by atoms with Gasteiger partial charge in [-0.2, -0.15) is 4.31 Å². The van der Waals surface area contributed by atoms with Crippen molar-refractivity contribution in [2.75, 3.05) is 18.5 Å². The van der Waals surface area contributed by atoms with Crippen LogP contribution in [0.15, 0.2) is 89.8 Å². The Morgan fingerprint density at radius 3 is 2.26 bits per heavy atom. The molecule has 0 radical (unpaired) electrons. The van der Waals surface area contributed by atoms with Crippen LogP contribution in [0.5, 0.6) is 0 Å². The van der Waals surface area contributed by atoms with E-state index in [-0.39, 0.29) is 18.0 Å². The molecule has 3 rings (SSSR count). The van der Waals surface area contributed by atoms with Crippen LogP contribution in [0.2, 0.25) is 5.02 Å². The number of halogens is 1. The molecule has 1 N–H and O–H groups in total. The van der Waals surface area contributed by atoms with Gasteiger partial charge in [-0.05, 0) is 60.5 Å². The van der Waals surface area contributed by atoms with E-state index in [1.807, 2.05) is 6.07 Å². The molecule has 0 saturated carbocycles. The smallest absolute Gasteiger partial charge is 0.330 e. The molecule has 0 aromatic heterocycles. The second-order valence-corrected chi connectivity index (χ2v) is 9.84. The van der Waals surface area contributed by atoms with Crippen molar-refractivity contribution in [3.05, 3.63) is 101 Å². The van der Waals surface area contributed by atoms with Gasteiger partial charge in [0.25, 0.3) is 0 Å². The fourth-order valence-electron chi connectivity index (χ4n) is 3.16. The first-order chi connectivity index (χ1) is 16.8. The van der Waals surface area contributed by atoms with Crippen LogP contribution in [0.3, 0.4) is 0 Å². The van der Waals surface area contributed by atoms with Gasteiger partial charge in [0.15, 0.2) is 0 Å². The summed E-state index contributed by atoms with van der Waals surface area (Å²) in [4.78, 5) is 24.3. The van der Waals surface area contributed by atoms with Gasteiger partial charge in [-0.3, -0.25) is 4.79 Å². The number of nitrogens with one attached hydrogen (secondary N) is 1. The van der Waals surface area contributed by atoms with Crippen molar-refractivity contribution in [2.24, 2.45) is 0 Å². The van der Waals surface area contributed by atoms with Crippen molar-refractivity contribution in [1.29, 1.82) is 0 Å². The van der Waals surface area contributed by atoms with Crippen LogP contribution in [0, 0.1) is 0 Å². The molecule has 0 aliphatic heterocycles.